The van der Waals surface area contributed by atoms with E-state index in [0.29, 0.717) is 17.3 Å². The van der Waals surface area contributed by atoms with Crippen LogP contribution in [0.2, 0.25) is 5.02 Å². The molecule has 0 saturated heterocycles. The van der Waals surface area contributed by atoms with Crippen LogP contribution in [0.1, 0.15) is 30.1 Å². The number of benzene rings is 2. The molecule has 2 aromatic rings. The number of ether oxygens (including phenoxy) is 3. The number of esters is 1. The van der Waals surface area contributed by atoms with Crippen LogP contribution in [0.25, 0.3) is 0 Å². The summed E-state index contributed by atoms with van der Waals surface area (Å²) in [5, 5.41) is 4.15. The maximum absolute atomic E-state index is 11.2. The van der Waals surface area contributed by atoms with E-state index in [1.165, 1.54) is 7.11 Å². The van der Waals surface area contributed by atoms with Crippen molar-refractivity contribution in [3.63, 3.8) is 0 Å². The van der Waals surface area contributed by atoms with Crippen LogP contribution >= 0.6 is 24.0 Å². The molecule has 2 aromatic carbocycles. The van der Waals surface area contributed by atoms with Crippen LogP contribution in [0.4, 0.5) is 0 Å². The molecule has 0 radical (unpaired) electrons. The minimum atomic E-state index is -0.401. The molecule has 2 atom stereocenters. The van der Waals surface area contributed by atoms with Gasteiger partial charge in [-0.2, -0.15) is 0 Å². The third-order valence-electron chi connectivity index (χ3n) is 4.30. The van der Waals surface area contributed by atoms with Gasteiger partial charge in [0.15, 0.2) is 6.61 Å². The predicted molar refractivity (Wildman–Crippen MR) is 114 cm³/mol. The molecule has 0 aromatic heterocycles. The van der Waals surface area contributed by atoms with E-state index in [2.05, 4.69) is 17.0 Å². The van der Waals surface area contributed by atoms with Crippen molar-refractivity contribution in [2.45, 2.75) is 18.9 Å². The van der Waals surface area contributed by atoms with Gasteiger partial charge in [0.05, 0.1) is 13.2 Å². The lowest BCUT2D eigenvalue weighted by atomic mass is 10.0. The van der Waals surface area contributed by atoms with Gasteiger partial charge in [0, 0.05) is 25.2 Å². The second-order valence-electron chi connectivity index (χ2n) is 6.28. The zero-order valence-electron chi connectivity index (χ0n) is 16.3. The van der Waals surface area contributed by atoms with Crippen LogP contribution in [0.3, 0.4) is 0 Å². The Morgan fingerprint density at radius 3 is 2.46 bits per heavy atom. The third-order valence-corrected chi connectivity index (χ3v) is 4.53. The van der Waals surface area contributed by atoms with E-state index < -0.39 is 5.97 Å². The third kappa shape index (κ3) is 7.68. The number of carbonyl (C=O) groups excluding carboxylic acids is 1. The predicted octanol–water partition coefficient (Wildman–Crippen LogP) is 4.39. The fourth-order valence-corrected chi connectivity index (χ4v) is 2.90. The van der Waals surface area contributed by atoms with Gasteiger partial charge < -0.3 is 19.5 Å². The summed E-state index contributed by atoms with van der Waals surface area (Å²) in [6.45, 7) is 3.50. The molecule has 0 spiro atoms. The van der Waals surface area contributed by atoms with Gasteiger partial charge in [0.1, 0.15) is 5.75 Å². The molecular formula is C21H27Cl2NO4. The first-order chi connectivity index (χ1) is 13.0. The van der Waals surface area contributed by atoms with Crippen molar-refractivity contribution in [3.8, 4) is 5.75 Å². The molecule has 1 N–H and O–H groups in total. The highest BCUT2D eigenvalue weighted by Gasteiger charge is 2.12. The zero-order valence-corrected chi connectivity index (χ0v) is 17.9. The van der Waals surface area contributed by atoms with E-state index in [0.717, 1.165) is 17.7 Å². The summed E-state index contributed by atoms with van der Waals surface area (Å²) in [6.07, 6.45) is -0.0642. The van der Waals surface area contributed by atoms with Crippen molar-refractivity contribution in [1.82, 2.24) is 5.32 Å². The average Bonchev–Trinajstić information content (AvgIpc) is 2.69. The summed E-state index contributed by atoms with van der Waals surface area (Å²) in [5.41, 5.74) is 2.17. The first-order valence-electron chi connectivity index (χ1n) is 8.82. The monoisotopic (exact) mass is 427 g/mol. The SMILES string of the molecule is COC(=O)COc1cccc(C(C)CNCC(OC)c2cccc(Cl)c2)c1.Cl. The zero-order chi connectivity index (χ0) is 19.6. The number of carbonyl (C=O) groups is 1. The Labute approximate surface area is 177 Å². The van der Waals surface area contributed by atoms with E-state index in [1.807, 2.05) is 48.5 Å². The minimum Gasteiger partial charge on any atom is -0.482 e. The van der Waals surface area contributed by atoms with E-state index >= 15 is 0 Å². The van der Waals surface area contributed by atoms with Crippen LogP contribution in [0, 0.1) is 0 Å². The van der Waals surface area contributed by atoms with Crippen LogP contribution in [0.15, 0.2) is 48.5 Å². The van der Waals surface area contributed by atoms with E-state index in [-0.39, 0.29) is 31.0 Å². The topological polar surface area (TPSA) is 56.8 Å². The van der Waals surface area contributed by atoms with Gasteiger partial charge in [-0.05, 0) is 41.3 Å². The summed E-state index contributed by atoms with van der Waals surface area (Å²) in [4.78, 5) is 11.2. The Balaban J connectivity index is 0.00000392. The molecule has 0 saturated carbocycles. The van der Waals surface area contributed by atoms with Crippen molar-refractivity contribution in [2.24, 2.45) is 0 Å². The average molecular weight is 428 g/mol. The molecule has 2 unspecified atom stereocenters. The normalized spacial score (nSPS) is 12.6. The number of rotatable bonds is 10. The van der Waals surface area contributed by atoms with Crippen LogP contribution in [-0.4, -0.2) is 39.9 Å². The maximum Gasteiger partial charge on any atom is 0.343 e. The lowest BCUT2D eigenvalue weighted by Gasteiger charge is -2.19. The first-order valence-corrected chi connectivity index (χ1v) is 9.19. The van der Waals surface area contributed by atoms with Crippen LogP contribution < -0.4 is 10.1 Å². The number of methoxy groups -OCH3 is 2. The van der Waals surface area contributed by atoms with Gasteiger partial charge in [-0.25, -0.2) is 4.79 Å². The minimum absolute atomic E-state index is 0. The van der Waals surface area contributed by atoms with Crippen molar-refractivity contribution in [1.29, 1.82) is 0 Å². The lowest BCUT2D eigenvalue weighted by molar-refractivity contribution is -0.142. The quantitative estimate of drug-likeness (QED) is 0.569. The molecule has 0 aliphatic heterocycles. The molecule has 0 heterocycles. The Hall–Kier alpha value is -1.79. The van der Waals surface area contributed by atoms with Gasteiger partial charge >= 0.3 is 5.97 Å². The summed E-state index contributed by atoms with van der Waals surface area (Å²) in [7, 11) is 3.03. The van der Waals surface area contributed by atoms with Crippen LogP contribution in [-0.2, 0) is 14.3 Å². The molecule has 0 bridgehead atoms. The summed E-state index contributed by atoms with van der Waals surface area (Å²) < 4.78 is 15.6. The molecule has 0 amide bonds. The van der Waals surface area contributed by atoms with Gasteiger partial charge in [0.2, 0.25) is 0 Å². The largest absolute Gasteiger partial charge is 0.482 e. The maximum atomic E-state index is 11.2. The highest BCUT2D eigenvalue weighted by molar-refractivity contribution is 6.30. The van der Waals surface area contributed by atoms with Gasteiger partial charge in [-0.15, -0.1) is 12.4 Å². The summed E-state index contributed by atoms with van der Waals surface area (Å²) >= 11 is 6.06. The second kappa shape index (κ2) is 12.6. The smallest absolute Gasteiger partial charge is 0.343 e. The number of nitrogens with one attached hydrogen (secondary N) is 1. The van der Waals surface area contributed by atoms with Gasteiger partial charge in [0.25, 0.3) is 0 Å². The van der Waals surface area contributed by atoms with Crippen molar-refractivity contribution < 1.29 is 19.0 Å². The molecule has 0 fully saturated rings. The highest BCUT2D eigenvalue weighted by atomic mass is 35.5. The molecule has 28 heavy (non-hydrogen) atoms. The molecule has 154 valence electrons. The van der Waals surface area contributed by atoms with Crippen molar-refractivity contribution in [3.05, 3.63) is 64.7 Å². The lowest BCUT2D eigenvalue weighted by Crippen LogP contribution is -2.26. The second-order valence-corrected chi connectivity index (χ2v) is 6.71. The van der Waals surface area contributed by atoms with Crippen LogP contribution in [0.5, 0.6) is 5.75 Å². The standard InChI is InChI=1S/C21H26ClNO4.ClH/c1-15(16-6-5-9-19(11-16)27-14-21(24)26-3)12-23-13-20(25-2)17-7-4-8-18(22)10-17;/h4-11,15,20,23H,12-14H2,1-3H3;1H. The fraction of sp³-hybridized carbons (Fsp3) is 0.381. The van der Waals surface area contributed by atoms with Crippen molar-refractivity contribution >= 4 is 30.0 Å². The molecule has 0 aliphatic rings. The Kier molecular flexibility index (Phi) is 10.9. The number of halogens is 2. The molecule has 7 heteroatoms. The van der Waals surface area contributed by atoms with E-state index in [4.69, 9.17) is 21.1 Å². The molecule has 2 rings (SSSR count). The Bertz CT molecular complexity index is 742. The van der Waals surface area contributed by atoms with Gasteiger partial charge in [-0.1, -0.05) is 42.8 Å². The molecular weight excluding hydrogens is 401 g/mol. The Morgan fingerprint density at radius 2 is 1.79 bits per heavy atom. The number of hydrogen-bond acceptors (Lipinski definition) is 5. The summed E-state index contributed by atoms with van der Waals surface area (Å²) in [5.74, 6) is 0.517. The van der Waals surface area contributed by atoms with E-state index in [1.54, 1.807) is 7.11 Å². The highest BCUT2D eigenvalue weighted by Crippen LogP contribution is 2.22. The van der Waals surface area contributed by atoms with Crippen molar-refractivity contribution in [2.75, 3.05) is 33.9 Å². The number of hydrogen-bond donors (Lipinski definition) is 1. The first kappa shape index (κ1) is 24.2. The molecule has 0 aliphatic carbocycles. The molecule has 5 nitrogen and oxygen atoms in total. The Morgan fingerprint density at radius 1 is 1.07 bits per heavy atom. The van der Waals surface area contributed by atoms with Gasteiger partial charge in [-0.3, -0.25) is 0 Å². The fourth-order valence-electron chi connectivity index (χ4n) is 2.70. The summed E-state index contributed by atoms with van der Waals surface area (Å²) in [6, 6.07) is 15.4. The van der Waals surface area contributed by atoms with E-state index in [9.17, 15) is 4.79 Å².